The average molecular weight is 288 g/mol. The van der Waals surface area contributed by atoms with Gasteiger partial charge in [-0.3, -0.25) is 0 Å². The third-order valence-electron chi connectivity index (χ3n) is 5.64. The van der Waals surface area contributed by atoms with E-state index in [4.69, 9.17) is 4.74 Å². The van der Waals surface area contributed by atoms with Crippen molar-refractivity contribution in [3.8, 4) is 0 Å². The molecule has 0 aromatic heterocycles. The summed E-state index contributed by atoms with van der Waals surface area (Å²) in [7, 11) is 0. The highest BCUT2D eigenvalue weighted by Gasteiger charge is 2.44. The highest BCUT2D eigenvalue weighted by molar-refractivity contribution is 5.31. The first-order valence-corrected chi connectivity index (χ1v) is 8.31. The molecule has 1 aliphatic heterocycles. The molecular weight excluding hydrogens is 260 g/mol. The van der Waals surface area contributed by atoms with Gasteiger partial charge in [-0.1, -0.05) is 45.0 Å². The summed E-state index contributed by atoms with van der Waals surface area (Å²) in [6.45, 7) is 7.61. The lowest BCUT2D eigenvalue weighted by Crippen LogP contribution is -2.45. The van der Waals surface area contributed by atoms with E-state index in [1.807, 2.05) is 0 Å². The van der Waals surface area contributed by atoms with Crippen LogP contribution in [0.1, 0.15) is 63.7 Å². The maximum absolute atomic E-state index is 11.2. The molecule has 21 heavy (non-hydrogen) atoms. The molecule has 0 bridgehead atoms. The van der Waals surface area contributed by atoms with Gasteiger partial charge >= 0.3 is 0 Å². The zero-order valence-electron chi connectivity index (χ0n) is 13.6. The summed E-state index contributed by atoms with van der Waals surface area (Å²) >= 11 is 0. The Balaban J connectivity index is 1.78. The van der Waals surface area contributed by atoms with Crippen molar-refractivity contribution in [2.24, 2.45) is 11.3 Å². The molecule has 3 unspecified atom stereocenters. The SMILES string of the molecule is CC1CC(C)(C)CCC1(O)CC1OCCc2ccccc21. The lowest BCUT2D eigenvalue weighted by atomic mass is 9.63. The Hall–Kier alpha value is -0.860. The largest absolute Gasteiger partial charge is 0.389 e. The second-order valence-electron chi connectivity index (χ2n) is 7.89. The minimum absolute atomic E-state index is 0.0589. The molecule has 0 saturated heterocycles. The van der Waals surface area contributed by atoms with Gasteiger partial charge in [-0.2, -0.15) is 0 Å². The van der Waals surface area contributed by atoms with E-state index in [0.717, 1.165) is 38.7 Å². The monoisotopic (exact) mass is 288 g/mol. The van der Waals surface area contributed by atoms with E-state index in [1.54, 1.807) is 0 Å². The topological polar surface area (TPSA) is 29.5 Å². The minimum atomic E-state index is -0.579. The quantitative estimate of drug-likeness (QED) is 0.880. The van der Waals surface area contributed by atoms with Crippen LogP contribution in [0.25, 0.3) is 0 Å². The fourth-order valence-electron chi connectivity index (χ4n) is 4.19. The van der Waals surface area contributed by atoms with Gasteiger partial charge < -0.3 is 9.84 Å². The third-order valence-corrected chi connectivity index (χ3v) is 5.64. The van der Waals surface area contributed by atoms with E-state index < -0.39 is 5.60 Å². The first-order valence-electron chi connectivity index (χ1n) is 8.31. The van der Waals surface area contributed by atoms with Crippen molar-refractivity contribution in [2.45, 2.75) is 64.6 Å². The van der Waals surface area contributed by atoms with Crippen LogP contribution >= 0.6 is 0 Å². The van der Waals surface area contributed by atoms with Crippen LogP contribution in [0.5, 0.6) is 0 Å². The molecule has 2 nitrogen and oxygen atoms in total. The summed E-state index contributed by atoms with van der Waals surface area (Å²) in [5.41, 5.74) is 2.46. The maximum atomic E-state index is 11.2. The van der Waals surface area contributed by atoms with Crippen molar-refractivity contribution in [3.05, 3.63) is 35.4 Å². The number of benzene rings is 1. The van der Waals surface area contributed by atoms with Crippen LogP contribution < -0.4 is 0 Å². The fourth-order valence-corrected chi connectivity index (χ4v) is 4.19. The Morgan fingerprint density at radius 2 is 2.00 bits per heavy atom. The lowest BCUT2D eigenvalue weighted by Gasteiger charge is -2.47. The van der Waals surface area contributed by atoms with Gasteiger partial charge in [0, 0.05) is 6.42 Å². The zero-order valence-corrected chi connectivity index (χ0v) is 13.6. The Morgan fingerprint density at radius 1 is 1.24 bits per heavy atom. The van der Waals surface area contributed by atoms with Crippen LogP contribution in [0.4, 0.5) is 0 Å². The van der Waals surface area contributed by atoms with Gasteiger partial charge in [-0.25, -0.2) is 0 Å². The molecule has 1 fully saturated rings. The van der Waals surface area contributed by atoms with Crippen LogP contribution in [0.15, 0.2) is 24.3 Å². The van der Waals surface area contributed by atoms with Gasteiger partial charge in [0.15, 0.2) is 0 Å². The Labute approximate surface area is 128 Å². The predicted molar refractivity (Wildman–Crippen MR) is 85.2 cm³/mol. The summed E-state index contributed by atoms with van der Waals surface area (Å²) in [5.74, 6) is 0.332. The third kappa shape index (κ3) is 3.02. The molecule has 1 N–H and O–H groups in total. The number of hydrogen-bond acceptors (Lipinski definition) is 2. The normalized spacial score (nSPS) is 35.2. The molecule has 1 aliphatic carbocycles. The minimum Gasteiger partial charge on any atom is -0.389 e. The fraction of sp³-hybridized carbons (Fsp3) is 0.684. The van der Waals surface area contributed by atoms with Crippen molar-refractivity contribution < 1.29 is 9.84 Å². The molecule has 116 valence electrons. The van der Waals surface area contributed by atoms with E-state index in [9.17, 15) is 5.11 Å². The Bertz CT molecular complexity index is 508. The summed E-state index contributed by atoms with van der Waals surface area (Å²) in [6, 6.07) is 8.54. The van der Waals surface area contributed by atoms with E-state index in [1.165, 1.54) is 11.1 Å². The van der Waals surface area contributed by atoms with Crippen LogP contribution in [-0.2, 0) is 11.2 Å². The second-order valence-corrected chi connectivity index (χ2v) is 7.89. The molecule has 0 radical (unpaired) electrons. The Morgan fingerprint density at radius 3 is 2.76 bits per heavy atom. The number of rotatable bonds is 2. The van der Waals surface area contributed by atoms with Gasteiger partial charge in [0.2, 0.25) is 0 Å². The Kier molecular flexibility index (Phi) is 3.87. The number of hydrogen-bond donors (Lipinski definition) is 1. The van der Waals surface area contributed by atoms with Crippen LogP contribution in [-0.4, -0.2) is 17.3 Å². The van der Waals surface area contributed by atoms with Crippen molar-refractivity contribution in [1.82, 2.24) is 0 Å². The summed E-state index contributed by atoms with van der Waals surface area (Å²) < 4.78 is 6.01. The van der Waals surface area contributed by atoms with Gasteiger partial charge in [0.25, 0.3) is 0 Å². The molecule has 1 saturated carbocycles. The maximum Gasteiger partial charge on any atom is 0.0855 e. The van der Waals surface area contributed by atoms with E-state index in [2.05, 4.69) is 45.0 Å². The van der Waals surface area contributed by atoms with Crippen LogP contribution in [0.2, 0.25) is 0 Å². The molecule has 1 heterocycles. The molecule has 3 atom stereocenters. The lowest BCUT2D eigenvalue weighted by molar-refractivity contribution is -0.111. The highest BCUT2D eigenvalue weighted by Crippen LogP contribution is 2.48. The van der Waals surface area contributed by atoms with Gasteiger partial charge in [-0.15, -0.1) is 0 Å². The molecule has 2 aliphatic rings. The van der Waals surface area contributed by atoms with Crippen molar-refractivity contribution in [1.29, 1.82) is 0 Å². The van der Waals surface area contributed by atoms with Crippen LogP contribution in [0.3, 0.4) is 0 Å². The molecule has 0 amide bonds. The molecule has 0 spiro atoms. The van der Waals surface area contributed by atoms with Gasteiger partial charge in [0.1, 0.15) is 0 Å². The number of aliphatic hydroxyl groups is 1. The smallest absolute Gasteiger partial charge is 0.0855 e. The summed E-state index contributed by atoms with van der Waals surface area (Å²) in [4.78, 5) is 0. The number of fused-ring (bicyclic) bond motifs is 1. The standard InChI is InChI=1S/C19H28O2/c1-14-12-18(2,3)9-10-19(14,20)13-17-16-7-5-4-6-15(16)8-11-21-17/h4-7,14,17,20H,8-13H2,1-3H3. The van der Waals surface area contributed by atoms with E-state index in [-0.39, 0.29) is 6.10 Å². The van der Waals surface area contributed by atoms with E-state index >= 15 is 0 Å². The van der Waals surface area contributed by atoms with Crippen LogP contribution in [0, 0.1) is 11.3 Å². The van der Waals surface area contributed by atoms with Crippen molar-refractivity contribution in [2.75, 3.05) is 6.61 Å². The average Bonchev–Trinajstić information content (AvgIpc) is 2.44. The van der Waals surface area contributed by atoms with E-state index in [0.29, 0.717) is 11.3 Å². The van der Waals surface area contributed by atoms with Gasteiger partial charge in [-0.05, 0) is 48.1 Å². The van der Waals surface area contributed by atoms with Crippen molar-refractivity contribution in [3.63, 3.8) is 0 Å². The first-order chi connectivity index (χ1) is 9.90. The molecule has 2 heteroatoms. The zero-order chi connectivity index (χ0) is 15.1. The number of ether oxygens (including phenoxy) is 1. The molecule has 1 aromatic rings. The molecular formula is C19H28O2. The first kappa shape index (κ1) is 15.1. The predicted octanol–water partition coefficient (Wildman–Crippen LogP) is 4.27. The second kappa shape index (κ2) is 5.40. The van der Waals surface area contributed by atoms with Gasteiger partial charge in [0.05, 0.1) is 18.3 Å². The highest BCUT2D eigenvalue weighted by atomic mass is 16.5. The summed E-state index contributed by atoms with van der Waals surface area (Å²) in [5, 5.41) is 11.2. The molecule has 3 rings (SSSR count). The summed E-state index contributed by atoms with van der Waals surface area (Å²) in [6.07, 6.45) is 4.88. The molecule has 1 aromatic carbocycles. The van der Waals surface area contributed by atoms with Crippen molar-refractivity contribution >= 4 is 0 Å².